The average Bonchev–Trinajstić information content (AvgIpc) is 2.76. The van der Waals surface area contributed by atoms with Gasteiger partial charge in [0.1, 0.15) is 13.2 Å². The Hall–Kier alpha value is -2.13. The van der Waals surface area contributed by atoms with E-state index in [1.54, 1.807) is 0 Å². The highest BCUT2D eigenvalue weighted by Gasteiger charge is 2.30. The van der Waals surface area contributed by atoms with Gasteiger partial charge in [0.05, 0.1) is 16.3 Å². The van der Waals surface area contributed by atoms with Crippen LogP contribution in [-0.2, 0) is 6.18 Å². The smallest absolute Gasteiger partial charge is 0.417 e. The summed E-state index contributed by atoms with van der Waals surface area (Å²) in [5.74, 6) is 2.49. The van der Waals surface area contributed by atoms with Crippen LogP contribution in [0.25, 0.3) is 0 Å². The number of halogens is 3. The molecule has 5 nitrogen and oxygen atoms in total. The molecule has 3 heterocycles. The molecule has 0 N–H and O–H groups in total. The van der Waals surface area contributed by atoms with Crippen LogP contribution in [0.15, 0.2) is 41.6 Å². The molecule has 2 aromatic rings. The van der Waals surface area contributed by atoms with Crippen molar-refractivity contribution >= 4 is 17.4 Å². The second-order valence-electron chi connectivity index (χ2n) is 7.21. The molecule has 0 saturated carbocycles. The molecule has 4 rings (SSSR count). The molecule has 0 bridgehead atoms. The quantitative estimate of drug-likeness (QED) is 0.497. The standard InChI is InChI=1S/C21H24F3N3O2S/c22-21(23,24)16-5-6-19(25-15-16)30-14-2-7-26-8-10-27(11-9-26)17-3-1-4-18-20(17)29-13-12-28-18/h1,3-6,15H,2,7-14H2. The van der Waals surface area contributed by atoms with Gasteiger partial charge in [-0.2, -0.15) is 13.2 Å². The van der Waals surface area contributed by atoms with Crippen LogP contribution in [0.2, 0.25) is 0 Å². The predicted octanol–water partition coefficient (Wildman–Crippen LogP) is 4.18. The van der Waals surface area contributed by atoms with Gasteiger partial charge in [0.25, 0.3) is 0 Å². The van der Waals surface area contributed by atoms with E-state index in [2.05, 4.69) is 20.9 Å². The number of anilines is 1. The van der Waals surface area contributed by atoms with E-state index in [0.717, 1.165) is 74.3 Å². The Balaban J connectivity index is 1.20. The second-order valence-corrected chi connectivity index (χ2v) is 8.33. The van der Waals surface area contributed by atoms with E-state index < -0.39 is 11.7 Å². The first-order chi connectivity index (χ1) is 14.5. The molecule has 2 aliphatic rings. The minimum Gasteiger partial charge on any atom is -0.486 e. The van der Waals surface area contributed by atoms with Gasteiger partial charge in [-0.1, -0.05) is 6.07 Å². The molecule has 0 atom stereocenters. The van der Waals surface area contributed by atoms with Gasteiger partial charge in [-0.25, -0.2) is 4.98 Å². The van der Waals surface area contributed by atoms with Crippen molar-refractivity contribution in [3.63, 3.8) is 0 Å². The number of hydrogen-bond acceptors (Lipinski definition) is 6. The summed E-state index contributed by atoms with van der Waals surface area (Å²) >= 11 is 1.50. The van der Waals surface area contributed by atoms with Crippen LogP contribution in [0.4, 0.5) is 18.9 Å². The summed E-state index contributed by atoms with van der Waals surface area (Å²) in [6.07, 6.45) is -2.47. The Morgan fingerprint density at radius 1 is 1.00 bits per heavy atom. The summed E-state index contributed by atoms with van der Waals surface area (Å²) in [5.41, 5.74) is 0.386. The minimum atomic E-state index is -4.34. The number of fused-ring (bicyclic) bond motifs is 1. The number of benzene rings is 1. The van der Waals surface area contributed by atoms with Crippen molar-refractivity contribution in [2.45, 2.75) is 17.6 Å². The molecule has 1 aromatic heterocycles. The molecule has 0 aliphatic carbocycles. The summed E-state index contributed by atoms with van der Waals surface area (Å²) in [6.45, 7) is 5.91. The number of hydrogen-bond donors (Lipinski definition) is 0. The highest BCUT2D eigenvalue weighted by Crippen LogP contribution is 2.39. The van der Waals surface area contributed by atoms with Gasteiger partial charge >= 0.3 is 6.18 Å². The zero-order valence-electron chi connectivity index (χ0n) is 16.5. The molecule has 1 saturated heterocycles. The van der Waals surface area contributed by atoms with Gasteiger partial charge in [0.15, 0.2) is 11.5 Å². The van der Waals surface area contributed by atoms with Crippen molar-refractivity contribution in [1.82, 2.24) is 9.88 Å². The van der Waals surface area contributed by atoms with Gasteiger partial charge in [-0.15, -0.1) is 11.8 Å². The summed E-state index contributed by atoms with van der Waals surface area (Å²) in [7, 11) is 0. The van der Waals surface area contributed by atoms with Crippen molar-refractivity contribution in [3.8, 4) is 11.5 Å². The number of aromatic nitrogens is 1. The third kappa shape index (κ3) is 5.13. The second kappa shape index (κ2) is 9.34. The Morgan fingerprint density at radius 3 is 2.53 bits per heavy atom. The Morgan fingerprint density at radius 2 is 1.80 bits per heavy atom. The number of thioether (sulfide) groups is 1. The topological polar surface area (TPSA) is 37.8 Å². The van der Waals surface area contributed by atoms with Crippen LogP contribution in [-0.4, -0.2) is 61.6 Å². The number of pyridine rings is 1. The fraction of sp³-hybridized carbons (Fsp3) is 0.476. The normalized spacial score (nSPS) is 17.2. The molecule has 0 radical (unpaired) electrons. The zero-order chi connectivity index (χ0) is 21.0. The van der Waals surface area contributed by atoms with Crippen LogP contribution in [0.1, 0.15) is 12.0 Å². The van der Waals surface area contributed by atoms with Gasteiger partial charge in [-0.3, -0.25) is 4.90 Å². The van der Waals surface area contributed by atoms with Gasteiger partial charge in [0.2, 0.25) is 0 Å². The Bertz CT molecular complexity index is 840. The molecule has 0 spiro atoms. The maximum atomic E-state index is 12.6. The van der Waals surface area contributed by atoms with Crippen LogP contribution in [0, 0.1) is 0 Å². The first kappa shape index (κ1) is 21.1. The molecule has 9 heteroatoms. The van der Waals surface area contributed by atoms with Crippen molar-refractivity contribution in [2.75, 3.05) is 56.6 Å². The van der Waals surface area contributed by atoms with Crippen LogP contribution in [0.3, 0.4) is 0 Å². The lowest BCUT2D eigenvalue weighted by Crippen LogP contribution is -2.46. The molecular formula is C21H24F3N3O2S. The van der Waals surface area contributed by atoms with Crippen molar-refractivity contribution in [3.05, 3.63) is 42.1 Å². The van der Waals surface area contributed by atoms with Crippen LogP contribution in [0.5, 0.6) is 11.5 Å². The number of alkyl halides is 3. The van der Waals surface area contributed by atoms with Gasteiger partial charge in [-0.05, 0) is 37.2 Å². The summed E-state index contributed by atoms with van der Waals surface area (Å²) < 4.78 is 49.3. The highest BCUT2D eigenvalue weighted by atomic mass is 32.2. The predicted molar refractivity (Wildman–Crippen MR) is 111 cm³/mol. The van der Waals surface area contributed by atoms with Crippen LogP contribution >= 0.6 is 11.8 Å². The first-order valence-corrected chi connectivity index (χ1v) is 11.0. The summed E-state index contributed by atoms with van der Waals surface area (Å²) in [4.78, 5) is 8.67. The van der Waals surface area contributed by atoms with E-state index in [1.807, 2.05) is 12.1 Å². The molecule has 1 aromatic carbocycles. The van der Waals surface area contributed by atoms with E-state index in [-0.39, 0.29) is 0 Å². The lowest BCUT2D eigenvalue weighted by molar-refractivity contribution is -0.137. The SMILES string of the molecule is FC(F)(F)c1ccc(SCCCN2CCN(c3cccc4c3OCCO4)CC2)nc1. The fourth-order valence-electron chi connectivity index (χ4n) is 3.62. The number of ether oxygens (including phenoxy) is 2. The monoisotopic (exact) mass is 439 g/mol. The largest absolute Gasteiger partial charge is 0.486 e. The fourth-order valence-corrected chi connectivity index (χ4v) is 4.39. The molecule has 2 aliphatic heterocycles. The minimum absolute atomic E-state index is 0.579. The average molecular weight is 440 g/mol. The molecule has 1 fully saturated rings. The maximum absolute atomic E-state index is 12.6. The molecular weight excluding hydrogens is 415 g/mol. The first-order valence-electron chi connectivity index (χ1n) is 10.0. The van der Waals surface area contributed by atoms with Gasteiger partial charge in [0, 0.05) is 38.1 Å². The van der Waals surface area contributed by atoms with E-state index in [9.17, 15) is 13.2 Å². The lowest BCUT2D eigenvalue weighted by Gasteiger charge is -2.37. The molecule has 162 valence electrons. The third-order valence-corrected chi connectivity index (χ3v) is 6.22. The van der Waals surface area contributed by atoms with Crippen molar-refractivity contribution in [2.24, 2.45) is 0 Å². The summed E-state index contributed by atoms with van der Waals surface area (Å²) in [6, 6.07) is 8.56. The van der Waals surface area contributed by atoms with E-state index in [1.165, 1.54) is 17.8 Å². The van der Waals surface area contributed by atoms with E-state index in [0.29, 0.717) is 18.2 Å². The molecule has 30 heavy (non-hydrogen) atoms. The molecule has 0 amide bonds. The number of para-hydroxylation sites is 1. The lowest BCUT2D eigenvalue weighted by atomic mass is 10.2. The van der Waals surface area contributed by atoms with Crippen molar-refractivity contribution in [1.29, 1.82) is 0 Å². The Kier molecular flexibility index (Phi) is 6.58. The number of nitrogens with zero attached hydrogens (tertiary/aromatic N) is 3. The van der Waals surface area contributed by atoms with E-state index >= 15 is 0 Å². The summed E-state index contributed by atoms with van der Waals surface area (Å²) in [5, 5.41) is 0.629. The Labute approximate surface area is 178 Å². The number of rotatable bonds is 6. The third-order valence-electron chi connectivity index (χ3n) is 5.19. The van der Waals surface area contributed by atoms with Crippen molar-refractivity contribution < 1.29 is 22.6 Å². The zero-order valence-corrected chi connectivity index (χ0v) is 17.3. The molecule has 0 unspecified atom stereocenters. The van der Waals surface area contributed by atoms with E-state index in [4.69, 9.17) is 9.47 Å². The van der Waals surface area contributed by atoms with Gasteiger partial charge < -0.3 is 14.4 Å². The number of piperazine rings is 1. The highest BCUT2D eigenvalue weighted by molar-refractivity contribution is 7.99. The maximum Gasteiger partial charge on any atom is 0.417 e. The van der Waals surface area contributed by atoms with Crippen LogP contribution < -0.4 is 14.4 Å².